The van der Waals surface area contributed by atoms with Gasteiger partial charge in [-0.25, -0.2) is 5.01 Å². The number of nitrogens with zero attached hydrogens (tertiary/aromatic N) is 5. The summed E-state index contributed by atoms with van der Waals surface area (Å²) in [6.45, 7) is 6.17. The molecule has 2 aliphatic rings. The van der Waals surface area contributed by atoms with Crippen LogP contribution in [0.1, 0.15) is 37.1 Å². The molecule has 1 saturated heterocycles. The Kier molecular flexibility index (Phi) is 8.20. The average molecular weight is 482 g/mol. The summed E-state index contributed by atoms with van der Waals surface area (Å²) in [5, 5.41) is 6.33. The van der Waals surface area contributed by atoms with Gasteiger partial charge in [-0.15, -0.1) is 0 Å². The van der Waals surface area contributed by atoms with Gasteiger partial charge in [-0.1, -0.05) is 19.1 Å². The molecule has 1 atom stereocenters. The maximum Gasteiger partial charge on any atom is 0.262 e. The van der Waals surface area contributed by atoms with Crippen LogP contribution in [0.15, 0.2) is 47.7 Å². The van der Waals surface area contributed by atoms with Gasteiger partial charge < -0.3 is 18.9 Å². The number of hydrazone groups is 1. The highest BCUT2D eigenvalue weighted by atomic mass is 16.5. The molecule has 1 aromatic heterocycles. The third-order valence-corrected chi connectivity index (χ3v) is 6.68. The van der Waals surface area contributed by atoms with Gasteiger partial charge in [-0.05, 0) is 29.8 Å². The van der Waals surface area contributed by atoms with Gasteiger partial charge in [0.05, 0.1) is 37.8 Å². The Hall–Kier alpha value is -3.17. The first-order valence-corrected chi connectivity index (χ1v) is 12.2. The van der Waals surface area contributed by atoms with Gasteiger partial charge in [-0.3, -0.25) is 14.5 Å². The summed E-state index contributed by atoms with van der Waals surface area (Å²) >= 11 is 0. The van der Waals surface area contributed by atoms with E-state index >= 15 is 0 Å². The van der Waals surface area contributed by atoms with E-state index in [1.165, 1.54) is 0 Å². The third-order valence-electron chi connectivity index (χ3n) is 6.68. The van der Waals surface area contributed by atoms with Crippen molar-refractivity contribution in [3.8, 4) is 5.75 Å². The van der Waals surface area contributed by atoms with Gasteiger partial charge in [0.15, 0.2) is 0 Å². The van der Waals surface area contributed by atoms with E-state index in [0.29, 0.717) is 32.6 Å². The molecule has 0 bridgehead atoms. The summed E-state index contributed by atoms with van der Waals surface area (Å²) < 4.78 is 12.7. The predicted molar refractivity (Wildman–Crippen MR) is 133 cm³/mol. The minimum atomic E-state index is -0.240. The van der Waals surface area contributed by atoms with Crippen molar-refractivity contribution in [3.63, 3.8) is 0 Å². The second-order valence-corrected chi connectivity index (χ2v) is 8.91. The predicted octanol–water partition coefficient (Wildman–Crippen LogP) is 2.28. The van der Waals surface area contributed by atoms with Crippen molar-refractivity contribution in [2.45, 2.75) is 25.8 Å². The number of amides is 2. The van der Waals surface area contributed by atoms with Gasteiger partial charge in [0.2, 0.25) is 5.91 Å². The van der Waals surface area contributed by atoms with Crippen LogP contribution in [0.25, 0.3) is 0 Å². The van der Waals surface area contributed by atoms with E-state index in [1.807, 2.05) is 61.1 Å². The first-order chi connectivity index (χ1) is 17.0. The number of aromatic nitrogens is 1. The quantitative estimate of drug-likeness (QED) is 0.549. The number of benzene rings is 1. The SMILES string of the molecule is CCC(=O)N(CCN1CCOCC1)CC(=O)N1N=C(c2cccn2C)CC1c1ccc(OC)cc1. The highest BCUT2D eigenvalue weighted by Crippen LogP contribution is 2.33. The second kappa shape index (κ2) is 11.5. The van der Waals surface area contributed by atoms with Gasteiger partial charge in [0.25, 0.3) is 5.91 Å². The summed E-state index contributed by atoms with van der Waals surface area (Å²) in [5.41, 5.74) is 2.81. The molecular weight excluding hydrogens is 446 g/mol. The molecule has 0 saturated carbocycles. The fourth-order valence-corrected chi connectivity index (χ4v) is 4.58. The largest absolute Gasteiger partial charge is 0.497 e. The molecule has 0 spiro atoms. The first-order valence-electron chi connectivity index (χ1n) is 12.2. The lowest BCUT2D eigenvalue weighted by molar-refractivity contribution is -0.141. The summed E-state index contributed by atoms with van der Waals surface area (Å²) in [7, 11) is 3.60. The number of ether oxygens (including phenoxy) is 2. The third kappa shape index (κ3) is 5.91. The van der Waals surface area contributed by atoms with Crippen LogP contribution in [-0.4, -0.2) is 89.9 Å². The fraction of sp³-hybridized carbons (Fsp3) is 0.500. The van der Waals surface area contributed by atoms with Crippen LogP contribution in [0.2, 0.25) is 0 Å². The van der Waals surface area contributed by atoms with Crippen molar-refractivity contribution in [3.05, 3.63) is 53.9 Å². The smallest absolute Gasteiger partial charge is 0.262 e. The Morgan fingerprint density at radius 2 is 1.91 bits per heavy atom. The normalized spacial score (nSPS) is 18.4. The van der Waals surface area contributed by atoms with E-state index < -0.39 is 0 Å². The van der Waals surface area contributed by atoms with E-state index in [9.17, 15) is 9.59 Å². The van der Waals surface area contributed by atoms with E-state index in [4.69, 9.17) is 14.6 Å². The summed E-state index contributed by atoms with van der Waals surface area (Å²) in [5.74, 6) is 0.549. The molecule has 0 radical (unpaired) electrons. The van der Waals surface area contributed by atoms with Gasteiger partial charge in [0.1, 0.15) is 12.3 Å². The molecule has 4 rings (SSSR count). The van der Waals surface area contributed by atoms with Crippen LogP contribution in [0, 0.1) is 0 Å². The van der Waals surface area contributed by atoms with E-state index in [-0.39, 0.29) is 24.4 Å². The molecule has 35 heavy (non-hydrogen) atoms. The highest BCUT2D eigenvalue weighted by molar-refractivity contribution is 6.02. The molecule has 2 amide bonds. The number of aryl methyl sites for hydroxylation is 1. The summed E-state index contributed by atoms with van der Waals surface area (Å²) in [4.78, 5) is 30.2. The Labute approximate surface area is 206 Å². The molecule has 1 fully saturated rings. The number of rotatable bonds is 9. The first kappa shape index (κ1) is 24.9. The Bertz CT molecular complexity index is 1040. The van der Waals surface area contributed by atoms with Crippen molar-refractivity contribution < 1.29 is 19.1 Å². The minimum absolute atomic E-state index is 0.00752. The monoisotopic (exact) mass is 481 g/mol. The van der Waals surface area contributed by atoms with E-state index in [2.05, 4.69) is 4.90 Å². The van der Waals surface area contributed by atoms with Gasteiger partial charge in [0, 0.05) is 52.3 Å². The topological polar surface area (TPSA) is 79.6 Å². The average Bonchev–Trinajstić information content (AvgIpc) is 3.53. The maximum atomic E-state index is 13.6. The number of hydrogen-bond acceptors (Lipinski definition) is 6. The van der Waals surface area contributed by atoms with Crippen molar-refractivity contribution in [2.24, 2.45) is 12.1 Å². The zero-order valence-electron chi connectivity index (χ0n) is 20.9. The van der Waals surface area contributed by atoms with Crippen LogP contribution in [0.5, 0.6) is 5.75 Å². The lowest BCUT2D eigenvalue weighted by Gasteiger charge is -2.31. The molecular formula is C26H35N5O4. The van der Waals surface area contributed by atoms with Crippen LogP contribution in [0.4, 0.5) is 0 Å². The Morgan fingerprint density at radius 3 is 2.54 bits per heavy atom. The van der Waals surface area contributed by atoms with E-state index in [1.54, 1.807) is 17.0 Å². The zero-order valence-corrected chi connectivity index (χ0v) is 20.9. The number of methoxy groups -OCH3 is 1. The standard InChI is InChI=1S/C26H35N5O4/c1-4-25(32)30(13-12-29-14-16-35-17-15-29)19-26(33)31-24(20-7-9-21(34-3)10-8-20)18-22(27-31)23-6-5-11-28(23)2/h5-11,24H,4,12-19H2,1-3H3. The Balaban J connectivity index is 1.53. The lowest BCUT2D eigenvalue weighted by atomic mass is 10.0. The molecule has 1 aromatic carbocycles. The number of morpholine rings is 1. The number of carbonyl (C=O) groups is 2. The van der Waals surface area contributed by atoms with Gasteiger partial charge in [-0.2, -0.15) is 5.10 Å². The van der Waals surface area contributed by atoms with Crippen molar-refractivity contribution in [1.82, 2.24) is 19.4 Å². The maximum absolute atomic E-state index is 13.6. The second-order valence-electron chi connectivity index (χ2n) is 8.91. The molecule has 188 valence electrons. The van der Waals surface area contributed by atoms with Crippen molar-refractivity contribution >= 4 is 17.5 Å². The summed E-state index contributed by atoms with van der Waals surface area (Å²) in [6.07, 6.45) is 2.93. The number of carbonyl (C=O) groups excluding carboxylic acids is 2. The molecule has 9 nitrogen and oxygen atoms in total. The summed E-state index contributed by atoms with van der Waals surface area (Å²) in [6, 6.07) is 11.5. The molecule has 0 aliphatic carbocycles. The molecule has 9 heteroatoms. The molecule has 1 unspecified atom stereocenters. The number of hydrogen-bond donors (Lipinski definition) is 0. The van der Waals surface area contributed by atoms with Gasteiger partial charge >= 0.3 is 0 Å². The molecule has 2 aromatic rings. The minimum Gasteiger partial charge on any atom is -0.497 e. The molecule has 3 heterocycles. The van der Waals surface area contributed by atoms with Crippen LogP contribution >= 0.6 is 0 Å². The zero-order chi connectivity index (χ0) is 24.8. The fourth-order valence-electron chi connectivity index (χ4n) is 4.58. The van der Waals surface area contributed by atoms with Crippen LogP contribution in [0.3, 0.4) is 0 Å². The van der Waals surface area contributed by atoms with Crippen LogP contribution in [-0.2, 0) is 21.4 Å². The highest BCUT2D eigenvalue weighted by Gasteiger charge is 2.35. The van der Waals surface area contributed by atoms with Crippen molar-refractivity contribution in [2.75, 3.05) is 53.0 Å². The Morgan fingerprint density at radius 1 is 1.17 bits per heavy atom. The van der Waals surface area contributed by atoms with E-state index in [0.717, 1.165) is 42.4 Å². The molecule has 0 N–H and O–H groups in total. The molecule has 2 aliphatic heterocycles. The lowest BCUT2D eigenvalue weighted by Crippen LogP contribution is -2.46. The van der Waals surface area contributed by atoms with Crippen LogP contribution < -0.4 is 4.74 Å². The van der Waals surface area contributed by atoms with Crippen molar-refractivity contribution in [1.29, 1.82) is 0 Å².